The summed E-state index contributed by atoms with van der Waals surface area (Å²) in [5.74, 6) is 0. The zero-order valence-electron chi connectivity index (χ0n) is 10.2. The van der Waals surface area contributed by atoms with Gasteiger partial charge in [-0.05, 0) is 18.6 Å². The smallest absolute Gasteiger partial charge is 0.264 e. The van der Waals surface area contributed by atoms with Crippen molar-refractivity contribution in [2.24, 2.45) is 0 Å². The van der Waals surface area contributed by atoms with E-state index in [2.05, 4.69) is 14.9 Å². The highest BCUT2D eigenvalue weighted by Gasteiger charge is 2.16. The number of sulfonamides is 1. The molecule has 2 aromatic heterocycles. The van der Waals surface area contributed by atoms with Crippen molar-refractivity contribution in [1.82, 2.24) is 14.9 Å². The van der Waals surface area contributed by atoms with Gasteiger partial charge in [0, 0.05) is 23.6 Å². The summed E-state index contributed by atoms with van der Waals surface area (Å²) in [4.78, 5) is 10.9. The number of hydrogen-bond acceptors (Lipinski definition) is 5. The molecule has 0 aliphatic heterocycles. The van der Waals surface area contributed by atoms with Crippen molar-refractivity contribution in [3.8, 4) is 11.3 Å². The average Bonchev–Trinajstić information content (AvgIpc) is 2.88. The molecule has 0 saturated carbocycles. The topological polar surface area (TPSA) is 91.9 Å². The first kappa shape index (κ1) is 13.9. The summed E-state index contributed by atoms with van der Waals surface area (Å²) in [6.45, 7) is 2.30. The first-order valence-corrected chi connectivity index (χ1v) is 8.03. The van der Waals surface area contributed by atoms with Crippen LogP contribution in [-0.2, 0) is 10.0 Å². The molecular formula is C11H13N3O3S2. The van der Waals surface area contributed by atoms with Crippen LogP contribution in [0.15, 0.2) is 32.6 Å². The lowest BCUT2D eigenvalue weighted by Crippen LogP contribution is -2.23. The summed E-state index contributed by atoms with van der Waals surface area (Å²) in [5.41, 5.74) is 0.905. The van der Waals surface area contributed by atoms with Gasteiger partial charge in [-0.2, -0.15) is 5.10 Å². The van der Waals surface area contributed by atoms with E-state index in [1.54, 1.807) is 17.5 Å². The third-order valence-corrected chi connectivity index (χ3v) is 5.26. The number of nitrogens with one attached hydrogen (secondary N) is 2. The van der Waals surface area contributed by atoms with Crippen LogP contribution in [0.2, 0.25) is 0 Å². The number of aromatic nitrogens is 2. The Morgan fingerprint density at radius 1 is 1.42 bits per heavy atom. The van der Waals surface area contributed by atoms with E-state index in [1.165, 1.54) is 6.07 Å². The summed E-state index contributed by atoms with van der Waals surface area (Å²) in [6, 6.07) is 4.45. The van der Waals surface area contributed by atoms with Crippen molar-refractivity contribution in [3.05, 3.63) is 33.9 Å². The number of aromatic amines is 1. The van der Waals surface area contributed by atoms with E-state index >= 15 is 0 Å². The molecule has 2 N–H and O–H groups in total. The zero-order valence-corrected chi connectivity index (χ0v) is 11.8. The molecule has 0 aromatic carbocycles. The van der Waals surface area contributed by atoms with Gasteiger partial charge in [0.15, 0.2) is 0 Å². The minimum absolute atomic E-state index is 0.240. The third kappa shape index (κ3) is 3.28. The monoisotopic (exact) mass is 299 g/mol. The first-order valence-electron chi connectivity index (χ1n) is 5.67. The highest BCUT2D eigenvalue weighted by molar-refractivity contribution is 7.91. The Kier molecular flexibility index (Phi) is 4.13. The van der Waals surface area contributed by atoms with Gasteiger partial charge >= 0.3 is 0 Å². The van der Waals surface area contributed by atoms with Gasteiger partial charge in [-0.25, -0.2) is 18.2 Å². The maximum Gasteiger partial charge on any atom is 0.264 e. The number of thiophene rings is 1. The second kappa shape index (κ2) is 5.64. The van der Waals surface area contributed by atoms with Crippen LogP contribution in [0.4, 0.5) is 0 Å². The predicted octanol–water partition coefficient (Wildman–Crippen LogP) is 1.19. The third-order valence-electron chi connectivity index (χ3n) is 2.36. The minimum Gasteiger partial charge on any atom is -0.268 e. The number of rotatable bonds is 5. The van der Waals surface area contributed by atoms with E-state index in [1.807, 2.05) is 6.92 Å². The molecule has 0 radical (unpaired) electrons. The molecular weight excluding hydrogens is 286 g/mol. The summed E-state index contributed by atoms with van der Waals surface area (Å²) in [7, 11) is -3.45. The number of nitrogens with zero attached hydrogens (tertiary/aromatic N) is 1. The first-order chi connectivity index (χ1) is 9.03. The Morgan fingerprint density at radius 2 is 2.21 bits per heavy atom. The second-order valence-electron chi connectivity index (χ2n) is 3.86. The van der Waals surface area contributed by atoms with Crippen LogP contribution >= 0.6 is 11.3 Å². The van der Waals surface area contributed by atoms with Gasteiger partial charge in [-0.1, -0.05) is 6.92 Å². The van der Waals surface area contributed by atoms with Gasteiger partial charge in [0.05, 0.1) is 5.69 Å². The van der Waals surface area contributed by atoms with Crippen molar-refractivity contribution < 1.29 is 8.42 Å². The molecule has 0 atom stereocenters. The molecule has 6 nitrogen and oxygen atoms in total. The Bertz CT molecular complexity index is 698. The van der Waals surface area contributed by atoms with Crippen molar-refractivity contribution >= 4 is 21.4 Å². The van der Waals surface area contributed by atoms with Crippen LogP contribution in [-0.4, -0.2) is 25.2 Å². The zero-order chi connectivity index (χ0) is 13.9. The molecule has 0 spiro atoms. The van der Waals surface area contributed by atoms with E-state index in [0.29, 0.717) is 17.8 Å². The molecule has 2 heterocycles. The molecule has 0 aliphatic carbocycles. The van der Waals surface area contributed by atoms with E-state index in [-0.39, 0.29) is 9.77 Å². The van der Waals surface area contributed by atoms with Crippen molar-refractivity contribution in [2.45, 2.75) is 17.6 Å². The molecule has 0 saturated heterocycles. The van der Waals surface area contributed by atoms with Crippen LogP contribution < -0.4 is 10.3 Å². The fourth-order valence-corrected chi connectivity index (χ4v) is 3.76. The maximum absolute atomic E-state index is 11.9. The lowest BCUT2D eigenvalue weighted by molar-refractivity contribution is 0.583. The lowest BCUT2D eigenvalue weighted by Gasteiger charge is -2.01. The molecule has 0 fully saturated rings. The van der Waals surface area contributed by atoms with Crippen LogP contribution in [0, 0.1) is 0 Å². The summed E-state index contributed by atoms with van der Waals surface area (Å²) >= 11 is 1.12. The van der Waals surface area contributed by atoms with Gasteiger partial charge in [0.25, 0.3) is 5.56 Å². The minimum atomic E-state index is -3.45. The van der Waals surface area contributed by atoms with Crippen molar-refractivity contribution in [3.63, 3.8) is 0 Å². The van der Waals surface area contributed by atoms with Crippen LogP contribution in [0.5, 0.6) is 0 Å². The highest BCUT2D eigenvalue weighted by Crippen LogP contribution is 2.26. The molecule has 102 valence electrons. The number of hydrogen-bond donors (Lipinski definition) is 2. The fourth-order valence-electron chi connectivity index (χ4n) is 1.40. The fraction of sp³-hybridized carbons (Fsp3) is 0.273. The average molecular weight is 299 g/mol. The Labute approximate surface area is 114 Å². The van der Waals surface area contributed by atoms with Gasteiger partial charge in [-0.15, -0.1) is 11.3 Å². The van der Waals surface area contributed by atoms with E-state index in [9.17, 15) is 13.2 Å². The van der Waals surface area contributed by atoms with Crippen LogP contribution in [0.3, 0.4) is 0 Å². The SMILES string of the molecule is CCCNS(=O)(=O)c1cc(-c2ccc(=O)[nH]n2)cs1. The van der Waals surface area contributed by atoms with E-state index < -0.39 is 10.0 Å². The van der Waals surface area contributed by atoms with Gasteiger partial charge in [-0.3, -0.25) is 4.79 Å². The quantitative estimate of drug-likeness (QED) is 0.867. The second-order valence-corrected chi connectivity index (χ2v) is 6.76. The van der Waals surface area contributed by atoms with Crippen molar-refractivity contribution in [1.29, 1.82) is 0 Å². The Balaban J connectivity index is 2.28. The standard InChI is InChI=1S/C11H13N3O3S2/c1-2-5-12-19(16,17)11-6-8(7-18-11)9-3-4-10(15)14-13-9/h3-4,6-7,12H,2,5H2,1H3,(H,14,15). The van der Waals surface area contributed by atoms with Gasteiger partial charge < -0.3 is 0 Å². The van der Waals surface area contributed by atoms with Gasteiger partial charge in [0.1, 0.15) is 4.21 Å². The van der Waals surface area contributed by atoms with Crippen molar-refractivity contribution in [2.75, 3.05) is 6.54 Å². The largest absolute Gasteiger partial charge is 0.268 e. The molecule has 8 heteroatoms. The molecule has 0 bridgehead atoms. The highest BCUT2D eigenvalue weighted by atomic mass is 32.2. The summed E-state index contributed by atoms with van der Waals surface area (Å²) in [6.07, 6.45) is 0.735. The molecule has 2 aromatic rings. The van der Waals surface area contributed by atoms with Gasteiger partial charge in [0.2, 0.25) is 10.0 Å². The van der Waals surface area contributed by atoms with E-state index in [4.69, 9.17) is 0 Å². The van der Waals surface area contributed by atoms with E-state index in [0.717, 1.165) is 17.8 Å². The van der Waals surface area contributed by atoms with Crippen LogP contribution in [0.1, 0.15) is 13.3 Å². The lowest BCUT2D eigenvalue weighted by atomic mass is 10.2. The maximum atomic E-state index is 11.9. The normalized spacial score (nSPS) is 11.6. The Morgan fingerprint density at radius 3 is 2.84 bits per heavy atom. The summed E-state index contributed by atoms with van der Waals surface area (Å²) in [5, 5.41) is 7.87. The number of H-pyrrole nitrogens is 1. The molecule has 0 aliphatic rings. The summed E-state index contributed by atoms with van der Waals surface area (Å²) < 4.78 is 26.6. The molecule has 0 unspecified atom stereocenters. The predicted molar refractivity (Wildman–Crippen MR) is 73.7 cm³/mol. The van der Waals surface area contributed by atoms with Crippen LogP contribution in [0.25, 0.3) is 11.3 Å². The molecule has 0 amide bonds. The Hall–Kier alpha value is -1.51. The molecule has 19 heavy (non-hydrogen) atoms. The molecule has 2 rings (SSSR count).